The zero-order chi connectivity index (χ0) is 39.7. The summed E-state index contributed by atoms with van der Waals surface area (Å²) in [6.07, 6.45) is -7.25. The molecule has 3 aromatic rings. The Morgan fingerprint density at radius 2 is 1.05 bits per heavy atom. The fourth-order valence-corrected chi connectivity index (χ4v) is 9.00. The van der Waals surface area contributed by atoms with Crippen molar-refractivity contribution in [1.82, 2.24) is 0 Å². The topological polar surface area (TPSA) is 167 Å². The quantitative estimate of drug-likeness (QED) is 0.194. The van der Waals surface area contributed by atoms with Gasteiger partial charge in [-0.1, -0.05) is 61.5 Å². The molecule has 1 aliphatic heterocycles. The minimum Gasteiger partial charge on any atom is -0.461 e. The van der Waals surface area contributed by atoms with Gasteiger partial charge in [-0.3, -0.25) is 14.4 Å². The van der Waals surface area contributed by atoms with Gasteiger partial charge in [0.25, 0.3) is 0 Å². The van der Waals surface area contributed by atoms with Gasteiger partial charge in [-0.2, -0.15) is 0 Å². The largest absolute Gasteiger partial charge is 0.461 e. The van der Waals surface area contributed by atoms with Gasteiger partial charge < -0.3 is 33.2 Å². The zero-order valence-corrected chi connectivity index (χ0v) is 31.4. The maximum absolute atomic E-state index is 14.3. The van der Waals surface area contributed by atoms with Gasteiger partial charge in [0.1, 0.15) is 35.9 Å². The van der Waals surface area contributed by atoms with Crippen LogP contribution in [0.4, 0.5) is 0 Å². The van der Waals surface area contributed by atoms with Crippen LogP contribution >= 0.6 is 0 Å². The second-order valence-electron chi connectivity index (χ2n) is 14.8. The lowest BCUT2D eigenvalue weighted by molar-refractivity contribution is -0.327. The number of ether oxygens (including phenoxy) is 7. The van der Waals surface area contributed by atoms with Crippen molar-refractivity contribution in [1.29, 1.82) is 0 Å². The Hall–Kier alpha value is -5.56. The van der Waals surface area contributed by atoms with E-state index in [-0.39, 0.29) is 23.1 Å². The van der Waals surface area contributed by atoms with Crippen molar-refractivity contribution in [3.63, 3.8) is 0 Å². The third-order valence-electron chi connectivity index (χ3n) is 10.9. The predicted octanol–water partition coefficient (Wildman–Crippen LogP) is 5.29. The molecule has 0 aromatic heterocycles. The Kier molecular flexibility index (Phi) is 10.9. The van der Waals surface area contributed by atoms with Crippen molar-refractivity contribution in [2.24, 2.45) is 17.3 Å². The van der Waals surface area contributed by atoms with E-state index in [1.165, 1.54) is 38.1 Å². The molecule has 2 saturated carbocycles. The Balaban J connectivity index is 1.67. The fraction of sp³-hybridized carbons (Fsp3) is 0.429. The van der Waals surface area contributed by atoms with Crippen molar-refractivity contribution in [3.8, 4) is 0 Å². The highest BCUT2D eigenvalue weighted by Gasteiger charge is 2.86. The van der Waals surface area contributed by atoms with Crippen molar-refractivity contribution in [3.05, 3.63) is 108 Å². The van der Waals surface area contributed by atoms with Gasteiger partial charge in [0.15, 0.2) is 12.2 Å². The lowest BCUT2D eigenvalue weighted by Gasteiger charge is -2.64. The number of esters is 6. The number of benzene rings is 3. The van der Waals surface area contributed by atoms with E-state index in [2.05, 4.69) is 0 Å². The molecule has 13 nitrogen and oxygen atoms in total. The van der Waals surface area contributed by atoms with E-state index in [0.717, 1.165) is 6.92 Å². The van der Waals surface area contributed by atoms with Crippen molar-refractivity contribution in [2.45, 2.75) is 89.7 Å². The minimum absolute atomic E-state index is 0.0142. The molecule has 0 amide bonds. The van der Waals surface area contributed by atoms with Crippen molar-refractivity contribution >= 4 is 35.8 Å². The minimum atomic E-state index is -2.09. The predicted molar refractivity (Wildman–Crippen MR) is 192 cm³/mol. The molecule has 2 bridgehead atoms. The van der Waals surface area contributed by atoms with E-state index >= 15 is 0 Å². The second kappa shape index (κ2) is 15.3. The van der Waals surface area contributed by atoms with E-state index in [4.69, 9.17) is 33.2 Å². The molecular formula is C42H44O13. The Morgan fingerprint density at radius 3 is 1.55 bits per heavy atom. The number of hydrogen-bond acceptors (Lipinski definition) is 13. The monoisotopic (exact) mass is 756 g/mol. The number of hydrogen-bond donors (Lipinski definition) is 0. The van der Waals surface area contributed by atoms with E-state index in [1.807, 2.05) is 0 Å². The van der Waals surface area contributed by atoms with E-state index in [9.17, 15) is 28.8 Å². The van der Waals surface area contributed by atoms with Gasteiger partial charge in [-0.15, -0.1) is 0 Å². The van der Waals surface area contributed by atoms with Gasteiger partial charge >= 0.3 is 35.8 Å². The molecule has 0 N–H and O–H groups in total. The zero-order valence-electron chi connectivity index (χ0n) is 31.4. The summed E-state index contributed by atoms with van der Waals surface area (Å²) >= 11 is 0. The average Bonchev–Trinajstić information content (AvgIpc) is 3.34. The van der Waals surface area contributed by atoms with E-state index in [0.29, 0.717) is 0 Å². The lowest BCUT2D eigenvalue weighted by Crippen LogP contribution is -2.81. The number of carbonyl (C=O) groups is 6. The maximum Gasteiger partial charge on any atom is 0.338 e. The molecule has 3 fully saturated rings. The molecule has 0 unspecified atom stereocenters. The first-order chi connectivity index (χ1) is 26.1. The van der Waals surface area contributed by atoms with E-state index < -0.39 is 101 Å². The summed E-state index contributed by atoms with van der Waals surface area (Å²) in [6.45, 7) is 8.05. The van der Waals surface area contributed by atoms with Gasteiger partial charge in [0, 0.05) is 20.8 Å². The highest BCUT2D eigenvalue weighted by Crippen LogP contribution is 2.68. The van der Waals surface area contributed by atoms with Crippen LogP contribution in [0.15, 0.2) is 91.0 Å². The molecule has 0 radical (unpaired) electrons. The van der Waals surface area contributed by atoms with Crippen molar-refractivity contribution in [2.75, 3.05) is 6.61 Å². The molecule has 9 atom stereocenters. The summed E-state index contributed by atoms with van der Waals surface area (Å²) in [6, 6.07) is 24.2. The van der Waals surface area contributed by atoms with Gasteiger partial charge in [-0.25, -0.2) is 14.4 Å². The third-order valence-corrected chi connectivity index (χ3v) is 10.9. The van der Waals surface area contributed by atoms with Crippen LogP contribution in [-0.2, 0) is 47.5 Å². The summed E-state index contributed by atoms with van der Waals surface area (Å²) in [7, 11) is 0. The first-order valence-electron chi connectivity index (χ1n) is 18.1. The van der Waals surface area contributed by atoms with Crippen LogP contribution in [0.2, 0.25) is 0 Å². The lowest BCUT2D eigenvalue weighted by atomic mass is 9.47. The van der Waals surface area contributed by atoms with Crippen LogP contribution in [0.1, 0.15) is 79.0 Å². The first-order valence-corrected chi connectivity index (χ1v) is 18.1. The Labute approximate surface area is 318 Å². The molecule has 3 aliphatic rings. The van der Waals surface area contributed by atoms with Crippen LogP contribution < -0.4 is 0 Å². The molecule has 2 aliphatic carbocycles. The van der Waals surface area contributed by atoms with Gasteiger partial charge in [0.2, 0.25) is 0 Å². The normalized spacial score (nSPS) is 30.1. The molecule has 55 heavy (non-hydrogen) atoms. The average molecular weight is 757 g/mol. The number of fused-ring (bicyclic) bond motifs is 1. The molecule has 1 spiro atoms. The molecule has 3 aromatic carbocycles. The van der Waals surface area contributed by atoms with Crippen molar-refractivity contribution < 1.29 is 61.9 Å². The SMILES string of the molecule is CC(=O)O[C@H]1C[C@H](C)[C@@]23OC(C)(C)[C@@H]([C@H](OC(=O)c4ccccc4)[C@H](OC(=O)c4ccccc4)[C@]2(COC(=O)c2ccccc2)[C@@H]1OC(C)=O)[C@H]3OC(C)=O. The summed E-state index contributed by atoms with van der Waals surface area (Å²) < 4.78 is 44.4. The molecule has 13 heteroatoms. The molecule has 290 valence electrons. The first kappa shape index (κ1) is 39.1. The highest BCUT2D eigenvalue weighted by molar-refractivity contribution is 5.91. The van der Waals surface area contributed by atoms with Crippen LogP contribution in [0.25, 0.3) is 0 Å². The number of carbonyl (C=O) groups excluding carboxylic acids is 6. The molecule has 1 saturated heterocycles. The van der Waals surface area contributed by atoms with Crippen LogP contribution in [0.3, 0.4) is 0 Å². The maximum atomic E-state index is 14.3. The van der Waals surface area contributed by atoms with Crippen LogP contribution in [-0.4, -0.2) is 84.1 Å². The Morgan fingerprint density at radius 1 is 0.600 bits per heavy atom. The Bertz CT molecular complexity index is 1930. The van der Waals surface area contributed by atoms with Crippen LogP contribution in [0.5, 0.6) is 0 Å². The second-order valence-corrected chi connectivity index (χ2v) is 14.8. The molecule has 6 rings (SSSR count). The fourth-order valence-electron chi connectivity index (χ4n) is 9.00. The summed E-state index contributed by atoms with van der Waals surface area (Å²) in [5.74, 6) is -6.48. The summed E-state index contributed by atoms with van der Waals surface area (Å²) in [4.78, 5) is 81.4. The summed E-state index contributed by atoms with van der Waals surface area (Å²) in [5, 5.41) is 0. The summed E-state index contributed by atoms with van der Waals surface area (Å²) in [5.41, 5.74) is -4.74. The van der Waals surface area contributed by atoms with Gasteiger partial charge in [-0.05, 0) is 62.6 Å². The van der Waals surface area contributed by atoms with Gasteiger partial charge in [0.05, 0.1) is 28.2 Å². The van der Waals surface area contributed by atoms with Crippen LogP contribution in [0, 0.1) is 17.3 Å². The highest BCUT2D eigenvalue weighted by atomic mass is 16.6. The molecular weight excluding hydrogens is 712 g/mol. The standard InChI is InChI=1S/C42H44O13/c1-24-22-31(50-25(2)43)34(51-26(3)44)41(23-49-37(46)28-16-10-7-11-17-28)36(54-39(48)30-20-14-9-15-21-30)33(53-38(47)29-18-12-8-13-19-29)32-35(52-27(4)45)42(24,41)55-40(32,5)6/h7-21,24,31-36H,22-23H2,1-6H3/t24-,31-,32-,33-,34+,35+,36-,41-,42-/m0/s1. The number of rotatable bonds is 10. The van der Waals surface area contributed by atoms with E-state index in [1.54, 1.807) is 87.5 Å². The molecule has 1 heterocycles. The third kappa shape index (κ3) is 7.08. The smallest absolute Gasteiger partial charge is 0.338 e.